The fourth-order valence-electron chi connectivity index (χ4n) is 1.05. The van der Waals surface area contributed by atoms with Gasteiger partial charge in [-0.25, -0.2) is 4.98 Å². The Morgan fingerprint density at radius 1 is 1.43 bits per heavy atom. The highest BCUT2D eigenvalue weighted by Crippen LogP contribution is 2.24. The second kappa shape index (κ2) is 3.37. The molecule has 0 bridgehead atoms. The van der Waals surface area contributed by atoms with E-state index in [-0.39, 0.29) is 5.75 Å². The van der Waals surface area contributed by atoms with Crippen molar-refractivity contribution in [3.63, 3.8) is 0 Å². The molecule has 1 heterocycles. The molecule has 0 saturated carbocycles. The van der Waals surface area contributed by atoms with Gasteiger partial charge in [-0.05, 0) is 24.1 Å². The van der Waals surface area contributed by atoms with Gasteiger partial charge in [0.25, 0.3) is 0 Å². The van der Waals surface area contributed by atoms with E-state index in [1.54, 1.807) is 24.3 Å². The Labute approximate surface area is 84.3 Å². The maximum absolute atomic E-state index is 9.21. The average Bonchev–Trinajstić information content (AvgIpc) is 2.56. The first-order valence-electron chi connectivity index (χ1n) is 3.79. The van der Waals surface area contributed by atoms with Crippen LogP contribution in [0.3, 0.4) is 0 Å². The summed E-state index contributed by atoms with van der Waals surface area (Å²) in [5.74, 6) is 5.11. The van der Waals surface area contributed by atoms with Gasteiger partial charge >= 0.3 is 0 Å². The Morgan fingerprint density at radius 3 is 3.07 bits per heavy atom. The molecule has 14 heavy (non-hydrogen) atoms. The van der Waals surface area contributed by atoms with Gasteiger partial charge in [0.05, 0.1) is 10.2 Å². The first-order chi connectivity index (χ1) is 6.79. The zero-order chi connectivity index (χ0) is 9.97. The molecule has 1 aromatic heterocycles. The van der Waals surface area contributed by atoms with Gasteiger partial charge in [0, 0.05) is 5.92 Å². The lowest BCUT2D eigenvalue weighted by molar-refractivity contribution is 0.476. The number of thiazole rings is 1. The first-order valence-corrected chi connectivity index (χ1v) is 4.61. The van der Waals surface area contributed by atoms with E-state index in [1.165, 1.54) is 11.3 Å². The molecule has 0 saturated heterocycles. The summed E-state index contributed by atoms with van der Waals surface area (Å²) in [7, 11) is 0. The monoisotopic (exact) mass is 200 g/mol. The number of hydrogen-bond donors (Lipinski definition) is 1. The van der Waals surface area contributed by atoms with Gasteiger partial charge in [0.1, 0.15) is 5.75 Å². The van der Waals surface area contributed by atoms with Crippen molar-refractivity contribution in [1.29, 1.82) is 5.26 Å². The Morgan fingerprint density at radius 2 is 2.29 bits per heavy atom. The molecular formula is C10H4N2OS. The van der Waals surface area contributed by atoms with Crippen molar-refractivity contribution in [2.24, 2.45) is 0 Å². The number of aromatic nitrogens is 1. The second-order valence-electron chi connectivity index (χ2n) is 2.53. The molecule has 3 nitrogen and oxygen atoms in total. The van der Waals surface area contributed by atoms with Crippen LogP contribution in [0.2, 0.25) is 0 Å². The minimum absolute atomic E-state index is 0.209. The molecule has 0 atom stereocenters. The lowest BCUT2D eigenvalue weighted by Gasteiger charge is -1.87. The number of fused-ring (bicyclic) bond motifs is 1. The van der Waals surface area contributed by atoms with E-state index in [9.17, 15) is 5.11 Å². The molecule has 1 aromatic carbocycles. The van der Waals surface area contributed by atoms with Gasteiger partial charge in [-0.1, -0.05) is 0 Å². The van der Waals surface area contributed by atoms with E-state index < -0.39 is 0 Å². The minimum atomic E-state index is 0.209. The summed E-state index contributed by atoms with van der Waals surface area (Å²) in [5.41, 5.74) is 0.787. The first kappa shape index (κ1) is 8.55. The summed E-state index contributed by atoms with van der Waals surface area (Å²) in [6.07, 6.45) is 0. The van der Waals surface area contributed by atoms with Crippen molar-refractivity contribution in [1.82, 2.24) is 4.98 Å². The topological polar surface area (TPSA) is 56.9 Å². The molecule has 1 N–H and O–H groups in total. The Bertz CT molecular complexity index is 583. The normalized spacial score (nSPS) is 9.07. The van der Waals surface area contributed by atoms with Crippen molar-refractivity contribution >= 4 is 21.6 Å². The highest BCUT2D eigenvalue weighted by molar-refractivity contribution is 7.19. The fourth-order valence-corrected chi connectivity index (χ4v) is 1.90. The third-order valence-electron chi connectivity index (χ3n) is 1.60. The number of hydrogen-bond acceptors (Lipinski definition) is 4. The van der Waals surface area contributed by atoms with Crippen molar-refractivity contribution in [3.05, 3.63) is 23.2 Å². The molecule has 4 heteroatoms. The third-order valence-corrected chi connectivity index (χ3v) is 2.53. The molecule has 2 rings (SSSR count). The van der Waals surface area contributed by atoms with Crippen LogP contribution in [0.15, 0.2) is 18.2 Å². The largest absolute Gasteiger partial charge is 0.508 e. The van der Waals surface area contributed by atoms with Gasteiger partial charge in [-0.15, -0.1) is 11.3 Å². The molecule has 0 radical (unpaired) electrons. The van der Waals surface area contributed by atoms with E-state index in [0.29, 0.717) is 5.01 Å². The Hall–Kier alpha value is -2.04. The zero-order valence-electron chi connectivity index (χ0n) is 6.98. The van der Waals surface area contributed by atoms with Crippen LogP contribution in [0.25, 0.3) is 10.2 Å². The van der Waals surface area contributed by atoms with Crippen molar-refractivity contribution < 1.29 is 5.11 Å². The molecular weight excluding hydrogens is 196 g/mol. The van der Waals surface area contributed by atoms with Crippen molar-refractivity contribution in [2.75, 3.05) is 0 Å². The van der Waals surface area contributed by atoms with Crippen LogP contribution in [-0.4, -0.2) is 10.1 Å². The third kappa shape index (κ3) is 1.52. The highest BCUT2D eigenvalue weighted by Gasteiger charge is 2.01. The predicted molar refractivity (Wildman–Crippen MR) is 53.8 cm³/mol. The number of benzene rings is 1. The van der Waals surface area contributed by atoms with Crippen LogP contribution >= 0.6 is 11.3 Å². The number of nitriles is 1. The van der Waals surface area contributed by atoms with Gasteiger partial charge in [0.15, 0.2) is 11.1 Å². The standard InChI is InChI=1S/C10H4N2OS/c11-5-1-2-10-12-8-4-3-7(13)6-9(8)14-10/h3-4,6,13H. The Balaban J connectivity index is 2.58. The van der Waals surface area contributed by atoms with Gasteiger partial charge in [0.2, 0.25) is 0 Å². The number of aromatic hydroxyl groups is 1. The summed E-state index contributed by atoms with van der Waals surface area (Å²) >= 11 is 1.36. The molecule has 0 amide bonds. The lowest BCUT2D eigenvalue weighted by Crippen LogP contribution is -1.69. The number of phenolic OH excluding ortho intramolecular Hbond substituents is 1. The zero-order valence-corrected chi connectivity index (χ0v) is 7.80. The van der Waals surface area contributed by atoms with Gasteiger partial charge < -0.3 is 5.11 Å². The fraction of sp³-hybridized carbons (Fsp3) is 0. The maximum atomic E-state index is 9.21. The average molecular weight is 200 g/mol. The smallest absolute Gasteiger partial charge is 0.169 e. The van der Waals surface area contributed by atoms with E-state index in [0.717, 1.165) is 10.2 Å². The molecule has 0 spiro atoms. The molecule has 2 aromatic rings. The molecule has 0 aliphatic carbocycles. The van der Waals surface area contributed by atoms with Crippen LogP contribution in [0.5, 0.6) is 5.75 Å². The van der Waals surface area contributed by atoms with Crippen molar-refractivity contribution in [3.8, 4) is 23.7 Å². The number of nitrogens with zero attached hydrogens (tertiary/aromatic N) is 2. The minimum Gasteiger partial charge on any atom is -0.508 e. The van der Waals surface area contributed by atoms with E-state index in [1.807, 2.05) is 0 Å². The van der Waals surface area contributed by atoms with Gasteiger partial charge in [-0.2, -0.15) is 5.26 Å². The SMILES string of the molecule is N#CC#Cc1nc2ccc(O)cc2s1. The van der Waals surface area contributed by atoms with E-state index >= 15 is 0 Å². The number of rotatable bonds is 0. The van der Waals surface area contributed by atoms with Crippen LogP contribution < -0.4 is 0 Å². The van der Waals surface area contributed by atoms with Crippen molar-refractivity contribution in [2.45, 2.75) is 0 Å². The molecule has 0 unspecified atom stereocenters. The number of phenols is 1. The van der Waals surface area contributed by atoms with Crippen LogP contribution in [-0.2, 0) is 0 Å². The van der Waals surface area contributed by atoms with E-state index in [2.05, 4.69) is 16.8 Å². The molecule has 0 fully saturated rings. The van der Waals surface area contributed by atoms with Crippen LogP contribution in [0.4, 0.5) is 0 Å². The highest BCUT2D eigenvalue weighted by atomic mass is 32.1. The summed E-state index contributed by atoms with van der Waals surface area (Å²) in [6.45, 7) is 0. The second-order valence-corrected chi connectivity index (χ2v) is 3.56. The molecule has 0 aliphatic rings. The lowest BCUT2D eigenvalue weighted by atomic mass is 10.3. The summed E-state index contributed by atoms with van der Waals surface area (Å²) < 4.78 is 0.868. The van der Waals surface area contributed by atoms with Crippen LogP contribution in [0.1, 0.15) is 5.01 Å². The summed E-state index contributed by atoms with van der Waals surface area (Å²) in [5, 5.41) is 18.1. The quantitative estimate of drug-likeness (QED) is 0.660. The maximum Gasteiger partial charge on any atom is 0.169 e. The predicted octanol–water partition coefficient (Wildman–Crippen LogP) is 1.88. The molecule has 0 aliphatic heterocycles. The van der Waals surface area contributed by atoms with Crippen LogP contribution in [0, 0.1) is 23.2 Å². The summed E-state index contributed by atoms with van der Waals surface area (Å²) in [6, 6.07) is 6.65. The Kier molecular flexibility index (Phi) is 2.06. The molecule has 66 valence electrons. The van der Waals surface area contributed by atoms with Gasteiger partial charge in [-0.3, -0.25) is 0 Å². The summed E-state index contributed by atoms with van der Waals surface area (Å²) in [4.78, 5) is 4.17. The van der Waals surface area contributed by atoms with E-state index in [4.69, 9.17) is 5.26 Å².